The second kappa shape index (κ2) is 6.11. The van der Waals surface area contributed by atoms with Crippen molar-refractivity contribution in [2.75, 3.05) is 36.5 Å². The van der Waals surface area contributed by atoms with Gasteiger partial charge in [-0.15, -0.1) is 0 Å². The molecule has 1 atom stereocenters. The molecule has 1 aromatic carbocycles. The maximum atomic E-state index is 12.1. The second-order valence-corrected chi connectivity index (χ2v) is 7.05. The first-order valence-electron chi connectivity index (χ1n) is 7.60. The fraction of sp³-hybridized carbons (Fsp3) is 0.375. The minimum absolute atomic E-state index is 0.0127. The van der Waals surface area contributed by atoms with Crippen LogP contribution in [0.2, 0.25) is 5.02 Å². The van der Waals surface area contributed by atoms with Gasteiger partial charge in [0.1, 0.15) is 5.82 Å². The zero-order chi connectivity index (χ0) is 15.8. The van der Waals surface area contributed by atoms with E-state index < -0.39 is 0 Å². The number of carbonyl (C=O) groups is 1. The first-order chi connectivity index (χ1) is 11.2. The van der Waals surface area contributed by atoms with Crippen molar-refractivity contribution < 1.29 is 9.53 Å². The van der Waals surface area contributed by atoms with E-state index >= 15 is 0 Å². The van der Waals surface area contributed by atoms with E-state index in [1.165, 1.54) is 0 Å². The van der Waals surface area contributed by atoms with Gasteiger partial charge in [-0.25, -0.2) is 4.98 Å². The molecule has 2 aliphatic heterocycles. The lowest BCUT2D eigenvalue weighted by Gasteiger charge is -2.26. The number of rotatable bonds is 2. The third-order valence-electron chi connectivity index (χ3n) is 4.17. The van der Waals surface area contributed by atoms with Gasteiger partial charge < -0.3 is 15.0 Å². The lowest BCUT2D eigenvalue weighted by Crippen LogP contribution is -2.36. The fourth-order valence-electron chi connectivity index (χ4n) is 3.01. The lowest BCUT2D eigenvalue weighted by molar-refractivity contribution is -0.116. The summed E-state index contributed by atoms with van der Waals surface area (Å²) in [5.41, 5.74) is 0.988. The molecule has 2 aliphatic rings. The van der Waals surface area contributed by atoms with Crippen molar-refractivity contribution in [1.82, 2.24) is 4.98 Å². The fourth-order valence-corrected chi connectivity index (χ4v) is 4.46. The van der Waals surface area contributed by atoms with Gasteiger partial charge in [0.25, 0.3) is 0 Å². The highest BCUT2D eigenvalue weighted by molar-refractivity contribution is 7.16. The predicted molar refractivity (Wildman–Crippen MR) is 91.7 cm³/mol. The van der Waals surface area contributed by atoms with Gasteiger partial charge in [-0.3, -0.25) is 4.79 Å². The maximum absolute atomic E-state index is 12.1. The highest BCUT2D eigenvalue weighted by Crippen LogP contribution is 2.44. The van der Waals surface area contributed by atoms with Gasteiger partial charge in [0, 0.05) is 30.5 Å². The Morgan fingerprint density at radius 1 is 1.30 bits per heavy atom. The first kappa shape index (κ1) is 14.9. The Morgan fingerprint density at radius 3 is 2.87 bits per heavy atom. The number of morpholine rings is 1. The van der Waals surface area contributed by atoms with Crippen LogP contribution in [-0.4, -0.2) is 37.2 Å². The maximum Gasteiger partial charge on any atom is 0.226 e. The number of fused-ring (bicyclic) bond motifs is 1. The van der Waals surface area contributed by atoms with Gasteiger partial charge in [0.15, 0.2) is 5.13 Å². The highest BCUT2D eigenvalue weighted by Gasteiger charge is 2.32. The van der Waals surface area contributed by atoms with E-state index in [1.54, 1.807) is 11.3 Å². The van der Waals surface area contributed by atoms with E-state index in [1.807, 2.05) is 24.3 Å². The molecule has 1 fully saturated rings. The summed E-state index contributed by atoms with van der Waals surface area (Å²) in [6.45, 7) is 3.09. The summed E-state index contributed by atoms with van der Waals surface area (Å²) in [6.07, 6.45) is 0.404. The van der Waals surface area contributed by atoms with E-state index in [-0.39, 0.29) is 11.8 Å². The smallest absolute Gasteiger partial charge is 0.226 e. The quantitative estimate of drug-likeness (QED) is 0.905. The van der Waals surface area contributed by atoms with Crippen LogP contribution in [0.15, 0.2) is 24.3 Å². The number of nitrogens with one attached hydrogen (secondary N) is 1. The number of ether oxygens (including phenoxy) is 1. The van der Waals surface area contributed by atoms with Crippen molar-refractivity contribution in [3.05, 3.63) is 39.7 Å². The third-order valence-corrected chi connectivity index (χ3v) is 5.74. The molecule has 4 rings (SSSR count). The summed E-state index contributed by atoms with van der Waals surface area (Å²) < 4.78 is 5.39. The van der Waals surface area contributed by atoms with E-state index in [0.717, 1.165) is 28.7 Å². The molecule has 5 nitrogen and oxygen atoms in total. The topological polar surface area (TPSA) is 54.5 Å². The SMILES string of the molecule is O=C1CC(c2ccccc2Cl)c2sc(N3CCOCC3)nc2N1. The molecule has 1 unspecified atom stereocenters. The second-order valence-electron chi connectivity index (χ2n) is 5.64. The van der Waals surface area contributed by atoms with Crippen molar-refractivity contribution in [2.24, 2.45) is 0 Å². The normalized spacial score (nSPS) is 21.0. The van der Waals surface area contributed by atoms with Gasteiger partial charge in [-0.1, -0.05) is 41.1 Å². The molecule has 1 aromatic heterocycles. The zero-order valence-corrected chi connectivity index (χ0v) is 14.0. The molecular formula is C16H16ClN3O2S. The van der Waals surface area contributed by atoms with Gasteiger partial charge in [-0.05, 0) is 11.6 Å². The average molecular weight is 350 g/mol. The van der Waals surface area contributed by atoms with Crippen molar-refractivity contribution in [1.29, 1.82) is 0 Å². The molecule has 0 bridgehead atoms. The first-order valence-corrected chi connectivity index (χ1v) is 8.79. The van der Waals surface area contributed by atoms with Crippen LogP contribution in [0.3, 0.4) is 0 Å². The molecule has 1 amide bonds. The van der Waals surface area contributed by atoms with Crippen LogP contribution in [-0.2, 0) is 9.53 Å². The van der Waals surface area contributed by atoms with Gasteiger partial charge in [0.05, 0.1) is 18.1 Å². The van der Waals surface area contributed by atoms with Crippen LogP contribution in [0.25, 0.3) is 0 Å². The minimum Gasteiger partial charge on any atom is -0.378 e. The number of hydrogen-bond donors (Lipinski definition) is 1. The summed E-state index contributed by atoms with van der Waals surface area (Å²) in [7, 11) is 0. The number of anilines is 2. The van der Waals surface area contributed by atoms with Crippen LogP contribution in [0.4, 0.5) is 10.9 Å². The third kappa shape index (κ3) is 2.82. The van der Waals surface area contributed by atoms with Gasteiger partial charge >= 0.3 is 0 Å². The number of halogens is 1. The summed E-state index contributed by atoms with van der Waals surface area (Å²) in [5, 5.41) is 4.53. The summed E-state index contributed by atoms with van der Waals surface area (Å²) in [4.78, 5) is 20.0. The predicted octanol–water partition coefficient (Wildman–Crippen LogP) is 3.11. The number of hydrogen-bond acceptors (Lipinski definition) is 5. The summed E-state index contributed by atoms with van der Waals surface area (Å²) >= 11 is 7.99. The molecule has 120 valence electrons. The Hall–Kier alpha value is -1.63. The van der Waals surface area contributed by atoms with Crippen LogP contribution >= 0.6 is 22.9 Å². The molecule has 1 N–H and O–H groups in total. The Labute approximate surface area is 143 Å². The molecule has 1 saturated heterocycles. The number of benzene rings is 1. The standard InChI is InChI=1S/C16H16ClN3O2S/c17-12-4-2-1-3-10(12)11-9-13(21)18-15-14(11)23-16(19-15)20-5-7-22-8-6-20/h1-4,11H,5-9H2,(H,18,21). The van der Waals surface area contributed by atoms with E-state index in [4.69, 9.17) is 16.3 Å². The molecule has 0 saturated carbocycles. The number of aromatic nitrogens is 1. The Kier molecular flexibility index (Phi) is 3.97. The molecule has 3 heterocycles. The number of thiazole rings is 1. The van der Waals surface area contributed by atoms with Crippen LogP contribution < -0.4 is 10.2 Å². The van der Waals surface area contributed by atoms with Crippen molar-refractivity contribution in [2.45, 2.75) is 12.3 Å². The number of amides is 1. The largest absolute Gasteiger partial charge is 0.378 e. The lowest BCUT2D eigenvalue weighted by atomic mass is 9.91. The molecule has 23 heavy (non-hydrogen) atoms. The average Bonchev–Trinajstić information content (AvgIpc) is 2.99. The molecule has 2 aromatic rings. The number of nitrogens with zero attached hydrogens (tertiary/aromatic N) is 2. The van der Waals surface area contributed by atoms with Crippen LogP contribution in [0, 0.1) is 0 Å². The van der Waals surface area contributed by atoms with E-state index in [0.29, 0.717) is 30.5 Å². The molecule has 7 heteroatoms. The van der Waals surface area contributed by atoms with E-state index in [9.17, 15) is 4.79 Å². The zero-order valence-electron chi connectivity index (χ0n) is 12.4. The van der Waals surface area contributed by atoms with Gasteiger partial charge in [0.2, 0.25) is 5.91 Å². The Morgan fingerprint density at radius 2 is 2.09 bits per heavy atom. The Balaban J connectivity index is 1.73. The molecule has 0 radical (unpaired) electrons. The van der Waals surface area contributed by atoms with Crippen LogP contribution in [0.5, 0.6) is 0 Å². The number of carbonyl (C=O) groups excluding carboxylic acids is 1. The van der Waals surface area contributed by atoms with Crippen molar-refractivity contribution in [3.8, 4) is 0 Å². The van der Waals surface area contributed by atoms with Crippen molar-refractivity contribution in [3.63, 3.8) is 0 Å². The summed E-state index contributed by atoms with van der Waals surface area (Å²) in [6, 6.07) is 7.72. The molecular weight excluding hydrogens is 334 g/mol. The van der Waals surface area contributed by atoms with E-state index in [2.05, 4.69) is 15.2 Å². The Bertz CT molecular complexity index is 743. The van der Waals surface area contributed by atoms with Crippen molar-refractivity contribution >= 4 is 39.8 Å². The minimum atomic E-state index is -0.0280. The van der Waals surface area contributed by atoms with Gasteiger partial charge in [-0.2, -0.15) is 0 Å². The molecule has 0 aliphatic carbocycles. The monoisotopic (exact) mass is 349 g/mol. The highest BCUT2D eigenvalue weighted by atomic mass is 35.5. The summed E-state index contributed by atoms with van der Waals surface area (Å²) in [5.74, 6) is 0.638. The van der Waals surface area contributed by atoms with Crippen LogP contribution in [0.1, 0.15) is 22.8 Å². The molecule has 0 spiro atoms.